The fraction of sp³-hybridized carbons (Fsp3) is 0.222. The zero-order chi connectivity index (χ0) is 17.6. The molecule has 0 saturated carbocycles. The van der Waals surface area contributed by atoms with Gasteiger partial charge in [-0.25, -0.2) is 8.78 Å². The van der Waals surface area contributed by atoms with Gasteiger partial charge < -0.3 is 9.47 Å². The number of aromatic nitrogens is 2. The number of halogens is 3. The van der Waals surface area contributed by atoms with Crippen LogP contribution in [0.3, 0.4) is 0 Å². The van der Waals surface area contributed by atoms with Gasteiger partial charge in [-0.1, -0.05) is 29.8 Å². The van der Waals surface area contributed by atoms with Crippen LogP contribution in [0.2, 0.25) is 5.02 Å². The first kappa shape index (κ1) is 16.0. The minimum atomic E-state index is -0.941. The van der Waals surface area contributed by atoms with E-state index >= 15 is 0 Å². The SMILES string of the molecule is O=C(Cn1cc(Cl)c2ncc(-c3ccccc3F)cc21)N1CC(F)C1. The van der Waals surface area contributed by atoms with E-state index in [0.717, 1.165) is 0 Å². The predicted octanol–water partition coefficient (Wildman–Crippen LogP) is 3.68. The van der Waals surface area contributed by atoms with Gasteiger partial charge in [0.15, 0.2) is 0 Å². The largest absolute Gasteiger partial charge is 0.335 e. The summed E-state index contributed by atoms with van der Waals surface area (Å²) in [6.07, 6.45) is 2.24. The smallest absolute Gasteiger partial charge is 0.242 e. The van der Waals surface area contributed by atoms with Crippen molar-refractivity contribution in [2.45, 2.75) is 12.7 Å². The summed E-state index contributed by atoms with van der Waals surface area (Å²) in [5, 5.41) is 0.412. The molecule has 3 heterocycles. The topological polar surface area (TPSA) is 38.1 Å². The van der Waals surface area contributed by atoms with Gasteiger partial charge in [0.2, 0.25) is 5.91 Å². The quantitative estimate of drug-likeness (QED) is 0.713. The average molecular weight is 362 g/mol. The van der Waals surface area contributed by atoms with E-state index in [1.165, 1.54) is 11.0 Å². The molecule has 3 aromatic rings. The number of benzene rings is 1. The molecule has 1 saturated heterocycles. The second-order valence-corrected chi connectivity index (χ2v) is 6.48. The van der Waals surface area contributed by atoms with Gasteiger partial charge in [0.25, 0.3) is 0 Å². The molecule has 1 fully saturated rings. The summed E-state index contributed by atoms with van der Waals surface area (Å²) in [6, 6.07) is 8.17. The molecule has 4 nitrogen and oxygen atoms in total. The van der Waals surface area contributed by atoms with E-state index in [9.17, 15) is 13.6 Å². The highest BCUT2D eigenvalue weighted by Gasteiger charge is 2.30. The summed E-state index contributed by atoms with van der Waals surface area (Å²) in [5.41, 5.74) is 2.20. The highest BCUT2D eigenvalue weighted by molar-refractivity contribution is 6.35. The molecule has 4 rings (SSSR count). The second-order valence-electron chi connectivity index (χ2n) is 6.07. The molecular weight excluding hydrogens is 348 g/mol. The molecular formula is C18H14ClF2N3O. The lowest BCUT2D eigenvalue weighted by Crippen LogP contribution is -2.52. The lowest BCUT2D eigenvalue weighted by Gasteiger charge is -2.34. The Kier molecular flexibility index (Phi) is 3.92. The third-order valence-electron chi connectivity index (χ3n) is 4.35. The molecule has 0 spiro atoms. The van der Waals surface area contributed by atoms with E-state index in [2.05, 4.69) is 4.98 Å². The third kappa shape index (κ3) is 2.87. The van der Waals surface area contributed by atoms with Crippen LogP contribution < -0.4 is 0 Å². The van der Waals surface area contributed by atoms with Crippen molar-refractivity contribution in [1.29, 1.82) is 0 Å². The van der Waals surface area contributed by atoms with Crippen molar-refractivity contribution in [1.82, 2.24) is 14.5 Å². The van der Waals surface area contributed by atoms with Gasteiger partial charge in [-0.05, 0) is 12.1 Å². The predicted molar refractivity (Wildman–Crippen MR) is 91.6 cm³/mol. The number of nitrogens with zero attached hydrogens (tertiary/aromatic N) is 3. The standard InChI is InChI=1S/C18H14ClF2N3O/c19-14-9-23(10-17(25)24-7-12(20)8-24)16-5-11(6-22-18(14)16)13-3-1-2-4-15(13)21/h1-6,9,12H,7-8,10H2. The zero-order valence-corrected chi connectivity index (χ0v) is 13.9. The Morgan fingerprint density at radius 2 is 2.08 bits per heavy atom. The maximum atomic E-state index is 14.0. The first-order valence-electron chi connectivity index (χ1n) is 7.84. The van der Waals surface area contributed by atoms with Crippen LogP contribution in [0.4, 0.5) is 8.78 Å². The number of carbonyl (C=O) groups is 1. The van der Waals surface area contributed by atoms with Crippen LogP contribution in [0.1, 0.15) is 0 Å². The summed E-state index contributed by atoms with van der Waals surface area (Å²) in [7, 11) is 0. The minimum absolute atomic E-state index is 0.0400. The van der Waals surface area contributed by atoms with Crippen LogP contribution >= 0.6 is 11.6 Å². The maximum absolute atomic E-state index is 14.0. The molecule has 0 bridgehead atoms. The van der Waals surface area contributed by atoms with E-state index in [1.54, 1.807) is 41.2 Å². The number of fused-ring (bicyclic) bond motifs is 1. The molecule has 1 amide bonds. The summed E-state index contributed by atoms with van der Waals surface area (Å²) in [5.74, 6) is -0.530. The number of amides is 1. The summed E-state index contributed by atoms with van der Waals surface area (Å²) < 4.78 is 28.6. The van der Waals surface area contributed by atoms with Crippen molar-refractivity contribution in [3.63, 3.8) is 0 Å². The van der Waals surface area contributed by atoms with Crippen LogP contribution in [0.25, 0.3) is 22.2 Å². The summed E-state index contributed by atoms with van der Waals surface area (Å²) in [4.78, 5) is 18.0. The van der Waals surface area contributed by atoms with E-state index in [1.807, 2.05) is 0 Å². The van der Waals surface area contributed by atoms with E-state index in [0.29, 0.717) is 27.2 Å². The van der Waals surface area contributed by atoms with Crippen molar-refractivity contribution in [2.75, 3.05) is 13.1 Å². The number of hydrogen-bond donors (Lipinski definition) is 0. The number of carbonyl (C=O) groups excluding carboxylic acids is 1. The highest BCUT2D eigenvalue weighted by atomic mass is 35.5. The molecule has 0 aliphatic carbocycles. The van der Waals surface area contributed by atoms with E-state index in [-0.39, 0.29) is 31.4 Å². The second kappa shape index (κ2) is 6.11. The molecule has 128 valence electrons. The van der Waals surface area contributed by atoms with Crippen molar-refractivity contribution in [3.05, 3.63) is 53.6 Å². The van der Waals surface area contributed by atoms with Crippen molar-refractivity contribution < 1.29 is 13.6 Å². The fourth-order valence-electron chi connectivity index (χ4n) is 2.97. The minimum Gasteiger partial charge on any atom is -0.335 e. The monoisotopic (exact) mass is 361 g/mol. The molecule has 0 N–H and O–H groups in total. The normalized spacial score (nSPS) is 14.8. The molecule has 1 aromatic carbocycles. The number of hydrogen-bond acceptors (Lipinski definition) is 2. The Bertz CT molecular complexity index is 966. The molecule has 0 atom stereocenters. The number of alkyl halides is 1. The van der Waals surface area contributed by atoms with Gasteiger partial charge in [0.05, 0.1) is 23.6 Å². The summed E-state index contributed by atoms with van der Waals surface area (Å²) >= 11 is 6.20. The first-order chi connectivity index (χ1) is 12.0. The van der Waals surface area contributed by atoms with E-state index in [4.69, 9.17) is 11.6 Å². The Balaban J connectivity index is 1.71. The zero-order valence-electron chi connectivity index (χ0n) is 13.1. The van der Waals surface area contributed by atoms with Crippen LogP contribution in [0.5, 0.6) is 0 Å². The average Bonchev–Trinajstić information content (AvgIpc) is 2.88. The molecule has 2 aromatic heterocycles. The highest BCUT2D eigenvalue weighted by Crippen LogP contribution is 2.29. The first-order valence-corrected chi connectivity index (χ1v) is 8.22. The fourth-order valence-corrected chi connectivity index (χ4v) is 3.23. The van der Waals surface area contributed by atoms with Gasteiger partial charge in [-0.2, -0.15) is 0 Å². The maximum Gasteiger partial charge on any atom is 0.242 e. The van der Waals surface area contributed by atoms with Gasteiger partial charge in [0, 0.05) is 23.5 Å². The number of pyridine rings is 1. The Labute approximate surface area is 147 Å². The molecule has 1 aliphatic rings. The van der Waals surface area contributed by atoms with Crippen molar-refractivity contribution in [3.8, 4) is 11.1 Å². The van der Waals surface area contributed by atoms with Crippen LogP contribution in [0, 0.1) is 5.82 Å². The van der Waals surface area contributed by atoms with Crippen molar-refractivity contribution >= 4 is 28.5 Å². The Morgan fingerprint density at radius 1 is 1.32 bits per heavy atom. The lowest BCUT2D eigenvalue weighted by atomic mass is 10.1. The third-order valence-corrected chi connectivity index (χ3v) is 4.63. The van der Waals surface area contributed by atoms with Crippen LogP contribution in [-0.4, -0.2) is 39.6 Å². The Hall–Kier alpha value is -2.47. The van der Waals surface area contributed by atoms with Crippen LogP contribution in [-0.2, 0) is 11.3 Å². The molecule has 25 heavy (non-hydrogen) atoms. The van der Waals surface area contributed by atoms with Crippen molar-refractivity contribution in [2.24, 2.45) is 0 Å². The molecule has 1 aliphatic heterocycles. The van der Waals surface area contributed by atoms with Gasteiger partial charge >= 0.3 is 0 Å². The number of likely N-dealkylation sites (tertiary alicyclic amines) is 1. The van der Waals surface area contributed by atoms with Gasteiger partial charge in [0.1, 0.15) is 24.1 Å². The lowest BCUT2D eigenvalue weighted by molar-refractivity contribution is -0.138. The Morgan fingerprint density at radius 3 is 2.80 bits per heavy atom. The molecule has 0 radical (unpaired) electrons. The van der Waals surface area contributed by atoms with Gasteiger partial charge in [-0.3, -0.25) is 9.78 Å². The van der Waals surface area contributed by atoms with Gasteiger partial charge in [-0.15, -0.1) is 0 Å². The molecule has 0 unspecified atom stereocenters. The molecule has 7 heteroatoms. The number of rotatable bonds is 3. The van der Waals surface area contributed by atoms with Crippen LogP contribution in [0.15, 0.2) is 42.7 Å². The van der Waals surface area contributed by atoms with E-state index < -0.39 is 6.17 Å². The summed E-state index contributed by atoms with van der Waals surface area (Å²) in [6.45, 7) is 0.299.